The molecule has 1 rings (SSSR count). The standard InChI is InChI=1S/C7H15N5/c1-4-8-6(2)5-7-9-10-11-12(7)3/h6,8H,4-5H2,1-3H3. The lowest BCUT2D eigenvalue weighted by atomic mass is 10.2. The molecular formula is C7H15N5. The van der Waals surface area contributed by atoms with Crippen LogP contribution in [-0.2, 0) is 13.5 Å². The van der Waals surface area contributed by atoms with Gasteiger partial charge in [-0.15, -0.1) is 5.10 Å². The van der Waals surface area contributed by atoms with Gasteiger partial charge in [0, 0.05) is 19.5 Å². The Morgan fingerprint density at radius 2 is 2.33 bits per heavy atom. The maximum atomic E-state index is 3.90. The Hall–Kier alpha value is -0.970. The third-order valence-electron chi connectivity index (χ3n) is 1.75. The van der Waals surface area contributed by atoms with Crippen LogP contribution in [0, 0.1) is 0 Å². The molecule has 1 aromatic rings. The Labute approximate surface area is 72.2 Å². The fraction of sp³-hybridized carbons (Fsp3) is 0.857. The summed E-state index contributed by atoms with van der Waals surface area (Å²) in [6.07, 6.45) is 0.872. The van der Waals surface area contributed by atoms with Gasteiger partial charge in [0.05, 0.1) is 0 Å². The number of aromatic nitrogens is 4. The first kappa shape index (κ1) is 9.12. The Kier molecular flexibility index (Phi) is 3.16. The molecule has 0 radical (unpaired) electrons. The summed E-state index contributed by atoms with van der Waals surface area (Å²) in [5, 5.41) is 14.5. The summed E-state index contributed by atoms with van der Waals surface area (Å²) in [5.74, 6) is 0.920. The van der Waals surface area contributed by atoms with Gasteiger partial charge >= 0.3 is 0 Å². The molecule has 1 atom stereocenters. The lowest BCUT2D eigenvalue weighted by molar-refractivity contribution is 0.536. The van der Waals surface area contributed by atoms with Gasteiger partial charge in [0.15, 0.2) is 5.82 Å². The largest absolute Gasteiger partial charge is 0.314 e. The first-order chi connectivity index (χ1) is 5.74. The maximum absolute atomic E-state index is 3.90. The van der Waals surface area contributed by atoms with E-state index in [9.17, 15) is 0 Å². The molecule has 0 aliphatic rings. The van der Waals surface area contributed by atoms with Gasteiger partial charge in [-0.2, -0.15) is 0 Å². The molecule has 1 unspecified atom stereocenters. The molecule has 68 valence electrons. The van der Waals surface area contributed by atoms with Crippen molar-refractivity contribution in [3.8, 4) is 0 Å². The van der Waals surface area contributed by atoms with Crippen molar-refractivity contribution >= 4 is 0 Å². The number of nitrogens with zero attached hydrogens (tertiary/aromatic N) is 4. The molecule has 0 amide bonds. The molecule has 0 aliphatic carbocycles. The molecule has 0 aliphatic heterocycles. The normalized spacial score (nSPS) is 13.2. The number of tetrazole rings is 1. The van der Waals surface area contributed by atoms with E-state index in [2.05, 4.69) is 34.7 Å². The zero-order valence-corrected chi connectivity index (χ0v) is 7.78. The molecule has 0 saturated carbocycles. The lowest BCUT2D eigenvalue weighted by Crippen LogP contribution is -2.28. The molecule has 0 aromatic carbocycles. The van der Waals surface area contributed by atoms with Crippen LogP contribution in [0.5, 0.6) is 0 Å². The summed E-state index contributed by atoms with van der Waals surface area (Å²) in [7, 11) is 1.86. The highest BCUT2D eigenvalue weighted by atomic mass is 15.5. The monoisotopic (exact) mass is 169 g/mol. The van der Waals surface area contributed by atoms with E-state index >= 15 is 0 Å². The van der Waals surface area contributed by atoms with Crippen molar-refractivity contribution in [1.29, 1.82) is 0 Å². The number of rotatable bonds is 4. The maximum Gasteiger partial charge on any atom is 0.152 e. The lowest BCUT2D eigenvalue weighted by Gasteiger charge is -2.09. The van der Waals surface area contributed by atoms with Crippen molar-refractivity contribution in [2.24, 2.45) is 7.05 Å². The summed E-state index contributed by atoms with van der Waals surface area (Å²) >= 11 is 0. The molecule has 0 fully saturated rings. The van der Waals surface area contributed by atoms with Crippen molar-refractivity contribution in [3.05, 3.63) is 5.82 Å². The van der Waals surface area contributed by atoms with E-state index in [-0.39, 0.29) is 0 Å². The predicted octanol–water partition coefficient (Wildman–Crippen LogP) is -0.249. The number of hydrogen-bond acceptors (Lipinski definition) is 4. The molecule has 5 heteroatoms. The van der Waals surface area contributed by atoms with Crippen LogP contribution in [0.25, 0.3) is 0 Å². The predicted molar refractivity (Wildman–Crippen MR) is 45.6 cm³/mol. The number of nitrogens with one attached hydrogen (secondary N) is 1. The number of aryl methyl sites for hydroxylation is 1. The van der Waals surface area contributed by atoms with Crippen LogP contribution in [0.2, 0.25) is 0 Å². The smallest absolute Gasteiger partial charge is 0.152 e. The van der Waals surface area contributed by atoms with E-state index in [1.165, 1.54) is 0 Å². The minimum Gasteiger partial charge on any atom is -0.314 e. The SMILES string of the molecule is CCNC(C)Cc1nnnn1C. The van der Waals surface area contributed by atoms with Crippen LogP contribution in [0.4, 0.5) is 0 Å². The molecule has 0 spiro atoms. The third-order valence-corrected chi connectivity index (χ3v) is 1.75. The van der Waals surface area contributed by atoms with Gasteiger partial charge in [-0.05, 0) is 23.9 Å². The second-order valence-electron chi connectivity index (χ2n) is 2.88. The van der Waals surface area contributed by atoms with E-state index in [1.54, 1.807) is 4.68 Å². The summed E-state index contributed by atoms with van der Waals surface area (Å²) < 4.78 is 1.70. The molecule has 12 heavy (non-hydrogen) atoms. The zero-order chi connectivity index (χ0) is 8.97. The van der Waals surface area contributed by atoms with E-state index < -0.39 is 0 Å². The zero-order valence-electron chi connectivity index (χ0n) is 7.78. The number of hydrogen-bond donors (Lipinski definition) is 1. The van der Waals surface area contributed by atoms with E-state index in [0.717, 1.165) is 18.8 Å². The van der Waals surface area contributed by atoms with Crippen molar-refractivity contribution in [3.63, 3.8) is 0 Å². The van der Waals surface area contributed by atoms with Crippen LogP contribution in [0.1, 0.15) is 19.7 Å². The van der Waals surface area contributed by atoms with E-state index in [1.807, 2.05) is 7.05 Å². The Morgan fingerprint density at radius 3 is 2.83 bits per heavy atom. The Bertz CT molecular complexity index is 231. The molecule has 1 heterocycles. The van der Waals surface area contributed by atoms with Crippen molar-refractivity contribution < 1.29 is 0 Å². The average Bonchev–Trinajstić information content (AvgIpc) is 2.37. The van der Waals surface area contributed by atoms with Gasteiger partial charge in [-0.1, -0.05) is 6.92 Å². The Morgan fingerprint density at radius 1 is 1.58 bits per heavy atom. The summed E-state index contributed by atoms with van der Waals surface area (Å²) in [6.45, 7) is 5.19. The van der Waals surface area contributed by atoms with Gasteiger partial charge in [-0.3, -0.25) is 0 Å². The highest BCUT2D eigenvalue weighted by Gasteiger charge is 2.06. The molecule has 0 bridgehead atoms. The fourth-order valence-corrected chi connectivity index (χ4v) is 1.12. The van der Waals surface area contributed by atoms with Crippen LogP contribution in [-0.4, -0.2) is 32.8 Å². The van der Waals surface area contributed by atoms with Crippen molar-refractivity contribution in [2.75, 3.05) is 6.54 Å². The summed E-state index contributed by atoms with van der Waals surface area (Å²) in [5.41, 5.74) is 0. The molecule has 1 N–H and O–H groups in total. The summed E-state index contributed by atoms with van der Waals surface area (Å²) in [4.78, 5) is 0. The van der Waals surface area contributed by atoms with Crippen LogP contribution in [0.15, 0.2) is 0 Å². The van der Waals surface area contributed by atoms with E-state index in [4.69, 9.17) is 0 Å². The minimum atomic E-state index is 0.430. The first-order valence-corrected chi connectivity index (χ1v) is 4.18. The van der Waals surface area contributed by atoms with Gasteiger partial charge in [-0.25, -0.2) is 4.68 Å². The van der Waals surface area contributed by atoms with Crippen LogP contribution in [0.3, 0.4) is 0 Å². The van der Waals surface area contributed by atoms with Crippen molar-refractivity contribution in [2.45, 2.75) is 26.3 Å². The quantitative estimate of drug-likeness (QED) is 0.675. The van der Waals surface area contributed by atoms with E-state index in [0.29, 0.717) is 6.04 Å². The molecule has 0 saturated heterocycles. The minimum absolute atomic E-state index is 0.430. The second kappa shape index (κ2) is 4.15. The van der Waals surface area contributed by atoms with Crippen LogP contribution >= 0.6 is 0 Å². The number of likely N-dealkylation sites (N-methyl/N-ethyl adjacent to an activating group) is 1. The second-order valence-corrected chi connectivity index (χ2v) is 2.88. The van der Waals surface area contributed by atoms with Crippen molar-refractivity contribution in [1.82, 2.24) is 25.5 Å². The summed E-state index contributed by atoms with van der Waals surface area (Å²) in [6, 6.07) is 0.430. The Balaban J connectivity index is 2.46. The van der Waals surface area contributed by atoms with Gasteiger partial charge in [0.2, 0.25) is 0 Å². The van der Waals surface area contributed by atoms with Crippen LogP contribution < -0.4 is 5.32 Å². The first-order valence-electron chi connectivity index (χ1n) is 4.18. The van der Waals surface area contributed by atoms with Gasteiger partial charge in [0.1, 0.15) is 0 Å². The average molecular weight is 169 g/mol. The highest BCUT2D eigenvalue weighted by Crippen LogP contribution is 1.94. The van der Waals surface area contributed by atoms with Gasteiger partial charge < -0.3 is 5.32 Å². The molecule has 1 aromatic heterocycles. The third kappa shape index (κ3) is 2.27. The molecular weight excluding hydrogens is 154 g/mol. The molecule has 5 nitrogen and oxygen atoms in total. The topological polar surface area (TPSA) is 55.6 Å². The highest BCUT2D eigenvalue weighted by molar-refractivity contribution is 4.84. The fourth-order valence-electron chi connectivity index (χ4n) is 1.12. The van der Waals surface area contributed by atoms with Gasteiger partial charge in [0.25, 0.3) is 0 Å².